The van der Waals surface area contributed by atoms with Crippen molar-refractivity contribution in [2.75, 3.05) is 0 Å². The zero-order valence-corrected chi connectivity index (χ0v) is 7.22. The molecule has 0 saturated carbocycles. The first-order valence-corrected chi connectivity index (χ1v) is 3.09. The molecule has 0 heterocycles. The Balaban J connectivity index is 0.000000640. The van der Waals surface area contributed by atoms with Crippen LogP contribution in [0, 0.1) is 6.07 Å². The Morgan fingerprint density at radius 2 is 2.00 bits per heavy atom. The Hall–Kier alpha value is 0.414. The van der Waals surface area contributed by atoms with E-state index in [1.165, 1.54) is 0 Å². The second-order valence-corrected chi connectivity index (χ2v) is 2.33. The Labute approximate surface area is 75.8 Å². The van der Waals surface area contributed by atoms with E-state index >= 15 is 0 Å². The van der Waals surface area contributed by atoms with Crippen molar-refractivity contribution >= 4 is 25.3 Å². The topological polar surface area (TPSA) is 0 Å². The number of hydrogen-bond donors (Lipinski definition) is 2. The zero-order chi connectivity index (χ0) is 5.98. The predicted octanol–water partition coefficient (Wildman–Crippen LogP) is 2.06. The van der Waals surface area contributed by atoms with Gasteiger partial charge >= 0.3 is 0 Å². The average molecular weight is 200 g/mol. The molecule has 0 aliphatic carbocycles. The molecule has 52 valence electrons. The third kappa shape index (κ3) is 2.66. The summed E-state index contributed by atoms with van der Waals surface area (Å²) in [5, 5.41) is 0. The molecule has 0 unspecified atom stereocenters. The smallest absolute Gasteiger partial charge is 0 e. The molecule has 0 spiro atoms. The Bertz CT molecular complexity index is 167. The van der Waals surface area contributed by atoms with Gasteiger partial charge in [0.2, 0.25) is 0 Å². The molecule has 0 amide bonds. The standard InChI is InChI=1S/C6H5S2.Ni/c7-5-3-1-2-4-6(5)8;/h1-3,7-8H;/q-1;. The van der Waals surface area contributed by atoms with Gasteiger partial charge in [-0.3, -0.25) is 0 Å². The SMILES string of the molecule is Sc1[c-]cccc1S.[Ni]. The van der Waals surface area contributed by atoms with E-state index in [4.69, 9.17) is 0 Å². The van der Waals surface area contributed by atoms with Crippen molar-refractivity contribution in [2.24, 2.45) is 0 Å². The quantitative estimate of drug-likeness (QED) is 0.357. The maximum absolute atomic E-state index is 4.09. The monoisotopic (exact) mass is 199 g/mol. The molecule has 0 aliphatic heterocycles. The van der Waals surface area contributed by atoms with Gasteiger partial charge in [-0.1, -0.05) is 9.79 Å². The third-order valence-corrected chi connectivity index (χ3v) is 1.73. The van der Waals surface area contributed by atoms with Gasteiger partial charge in [0.1, 0.15) is 0 Å². The minimum absolute atomic E-state index is 0. The van der Waals surface area contributed by atoms with Gasteiger partial charge in [-0.05, 0) is 0 Å². The van der Waals surface area contributed by atoms with E-state index in [0.717, 1.165) is 9.79 Å². The van der Waals surface area contributed by atoms with E-state index in [9.17, 15) is 0 Å². The normalized spacial score (nSPS) is 8.22. The molecule has 0 aromatic heterocycles. The van der Waals surface area contributed by atoms with Crippen LogP contribution in [0.1, 0.15) is 0 Å². The molecule has 0 N–H and O–H groups in total. The number of benzene rings is 1. The second kappa shape index (κ2) is 4.26. The van der Waals surface area contributed by atoms with Gasteiger partial charge in [0, 0.05) is 16.5 Å². The van der Waals surface area contributed by atoms with Gasteiger partial charge < -0.3 is 0 Å². The van der Waals surface area contributed by atoms with E-state index in [2.05, 4.69) is 31.3 Å². The van der Waals surface area contributed by atoms with Crippen LogP contribution in [0.15, 0.2) is 28.0 Å². The summed E-state index contributed by atoms with van der Waals surface area (Å²) in [6.07, 6.45) is 0. The first-order valence-electron chi connectivity index (χ1n) is 2.19. The summed E-state index contributed by atoms with van der Waals surface area (Å²) in [5.41, 5.74) is 0. The van der Waals surface area contributed by atoms with Crippen molar-refractivity contribution in [1.29, 1.82) is 0 Å². The van der Waals surface area contributed by atoms with Gasteiger partial charge in [-0.15, -0.1) is 0 Å². The fourth-order valence-electron chi connectivity index (χ4n) is 0.419. The van der Waals surface area contributed by atoms with Gasteiger partial charge in [-0.25, -0.2) is 12.6 Å². The molecule has 1 aromatic rings. The Morgan fingerprint density at radius 1 is 1.33 bits per heavy atom. The van der Waals surface area contributed by atoms with E-state index in [-0.39, 0.29) is 16.5 Å². The first kappa shape index (κ1) is 9.41. The largest absolute Gasteiger partial charge is 0.212 e. The number of thiol groups is 2. The maximum atomic E-state index is 4.09. The molecular weight excluding hydrogens is 195 g/mol. The summed E-state index contributed by atoms with van der Waals surface area (Å²) in [5.74, 6) is 0. The van der Waals surface area contributed by atoms with Crippen molar-refractivity contribution in [3.8, 4) is 0 Å². The van der Waals surface area contributed by atoms with E-state index in [1.54, 1.807) is 0 Å². The zero-order valence-electron chi connectivity index (χ0n) is 4.44. The van der Waals surface area contributed by atoms with Crippen molar-refractivity contribution in [3.05, 3.63) is 24.3 Å². The molecule has 0 nitrogen and oxygen atoms in total. The Morgan fingerprint density at radius 3 is 2.33 bits per heavy atom. The van der Waals surface area contributed by atoms with E-state index in [0.29, 0.717) is 0 Å². The van der Waals surface area contributed by atoms with Crippen LogP contribution in [0.2, 0.25) is 0 Å². The molecule has 0 bridgehead atoms. The van der Waals surface area contributed by atoms with Crippen LogP contribution in [-0.4, -0.2) is 0 Å². The van der Waals surface area contributed by atoms with Crippen LogP contribution in [0.4, 0.5) is 0 Å². The number of hydrogen-bond acceptors (Lipinski definition) is 2. The predicted molar refractivity (Wildman–Crippen MR) is 39.8 cm³/mol. The van der Waals surface area contributed by atoms with E-state index in [1.807, 2.05) is 18.2 Å². The van der Waals surface area contributed by atoms with Crippen LogP contribution in [-0.2, 0) is 16.5 Å². The van der Waals surface area contributed by atoms with Gasteiger partial charge in [0.15, 0.2) is 0 Å². The van der Waals surface area contributed by atoms with Crippen LogP contribution < -0.4 is 0 Å². The van der Waals surface area contributed by atoms with Crippen LogP contribution in [0.5, 0.6) is 0 Å². The van der Waals surface area contributed by atoms with Crippen LogP contribution >= 0.6 is 25.3 Å². The first-order chi connectivity index (χ1) is 3.80. The summed E-state index contributed by atoms with van der Waals surface area (Å²) in [6.45, 7) is 0. The summed E-state index contributed by atoms with van der Waals surface area (Å²) in [6, 6.07) is 8.45. The van der Waals surface area contributed by atoms with Gasteiger partial charge in [-0.2, -0.15) is 36.9 Å². The Kier molecular flexibility index (Phi) is 4.46. The van der Waals surface area contributed by atoms with Gasteiger partial charge in [0.25, 0.3) is 0 Å². The average Bonchev–Trinajstić information content (AvgIpc) is 1.77. The van der Waals surface area contributed by atoms with Crippen molar-refractivity contribution < 1.29 is 16.5 Å². The molecule has 0 saturated heterocycles. The number of rotatable bonds is 0. The van der Waals surface area contributed by atoms with Crippen LogP contribution in [0.25, 0.3) is 0 Å². The molecule has 3 heteroatoms. The second-order valence-electron chi connectivity index (χ2n) is 1.40. The molecular formula is C6H5NiS2-. The fourth-order valence-corrected chi connectivity index (χ4v) is 0.719. The molecule has 1 aromatic carbocycles. The molecule has 0 aliphatic rings. The molecule has 9 heavy (non-hydrogen) atoms. The molecule has 0 fully saturated rings. The summed E-state index contributed by atoms with van der Waals surface area (Å²) in [4.78, 5) is 1.67. The third-order valence-electron chi connectivity index (χ3n) is 0.813. The minimum atomic E-state index is 0. The summed E-state index contributed by atoms with van der Waals surface area (Å²) < 4.78 is 0. The van der Waals surface area contributed by atoms with Crippen molar-refractivity contribution in [3.63, 3.8) is 0 Å². The minimum Gasteiger partial charge on any atom is -0.212 e. The van der Waals surface area contributed by atoms with Crippen LogP contribution in [0.3, 0.4) is 0 Å². The summed E-state index contributed by atoms with van der Waals surface area (Å²) in [7, 11) is 0. The molecule has 0 atom stereocenters. The van der Waals surface area contributed by atoms with Crippen molar-refractivity contribution in [1.82, 2.24) is 0 Å². The van der Waals surface area contributed by atoms with E-state index < -0.39 is 0 Å². The fraction of sp³-hybridized carbons (Fsp3) is 0. The molecule has 1 rings (SSSR count). The van der Waals surface area contributed by atoms with Gasteiger partial charge in [0.05, 0.1) is 0 Å². The van der Waals surface area contributed by atoms with Crippen molar-refractivity contribution in [2.45, 2.75) is 9.79 Å². The maximum Gasteiger partial charge on any atom is 0 e. The molecule has 0 radical (unpaired) electrons. The summed E-state index contributed by atoms with van der Waals surface area (Å²) >= 11 is 8.16.